The van der Waals surface area contributed by atoms with Crippen molar-refractivity contribution in [2.45, 2.75) is 0 Å². The Bertz CT molecular complexity index is 922. The normalized spacial score (nSPS) is 11.0. The first-order valence-corrected chi connectivity index (χ1v) is 8.19. The average molecular weight is 383 g/mol. The third-order valence-electron chi connectivity index (χ3n) is 3.55. The predicted molar refractivity (Wildman–Crippen MR) is 101 cm³/mol. The Balaban J connectivity index is 1.74. The van der Waals surface area contributed by atoms with Gasteiger partial charge in [0.15, 0.2) is 0 Å². The van der Waals surface area contributed by atoms with Crippen molar-refractivity contribution in [1.29, 1.82) is 0 Å². The Morgan fingerprint density at radius 2 is 1.83 bits per heavy atom. The molecule has 0 fully saturated rings. The fourth-order valence-corrected chi connectivity index (χ4v) is 2.78. The molecule has 0 radical (unpaired) electrons. The molecule has 3 aromatic rings. The molecule has 0 unspecified atom stereocenters. The lowest BCUT2D eigenvalue weighted by molar-refractivity contribution is -0.114. The van der Waals surface area contributed by atoms with Crippen LogP contribution in [0, 0.1) is 0 Å². The van der Waals surface area contributed by atoms with Crippen molar-refractivity contribution >= 4 is 44.5 Å². The smallest absolute Gasteiger partial charge is 0.246 e. The van der Waals surface area contributed by atoms with Gasteiger partial charge in [0.25, 0.3) is 0 Å². The first-order chi connectivity index (χ1) is 11.6. The van der Waals surface area contributed by atoms with Gasteiger partial charge in [-0.1, -0.05) is 42.5 Å². The number of anilines is 1. The number of halogens is 1. The van der Waals surface area contributed by atoms with E-state index in [2.05, 4.69) is 26.2 Å². The molecule has 3 rings (SSSR count). The Morgan fingerprint density at radius 1 is 1.08 bits per heavy atom. The van der Waals surface area contributed by atoms with Gasteiger partial charge in [-0.15, -0.1) is 0 Å². The van der Waals surface area contributed by atoms with E-state index in [-0.39, 0.29) is 18.2 Å². The number of phenolic OH excluding ortho intramolecular Hbond substituents is 1. The Kier molecular flexibility index (Phi) is 4.91. The maximum atomic E-state index is 12.0. The third-order valence-corrected chi connectivity index (χ3v) is 4.24. The molecule has 120 valence electrons. The average Bonchev–Trinajstić information content (AvgIpc) is 2.59. The van der Waals surface area contributed by atoms with Gasteiger partial charge in [0.2, 0.25) is 5.91 Å². The Labute approximate surface area is 148 Å². The molecule has 0 aliphatic heterocycles. The number of nitrogens with one attached hydrogen (secondary N) is 1. The summed E-state index contributed by atoms with van der Waals surface area (Å²) in [6.07, 6.45) is 1.54. The monoisotopic (exact) mass is 382 g/mol. The van der Waals surface area contributed by atoms with E-state index < -0.39 is 0 Å². The van der Waals surface area contributed by atoms with Crippen LogP contribution in [-0.4, -0.2) is 23.8 Å². The summed E-state index contributed by atoms with van der Waals surface area (Å²) in [5, 5.41) is 14.7. The summed E-state index contributed by atoms with van der Waals surface area (Å²) in [6, 6.07) is 18.6. The van der Waals surface area contributed by atoms with Gasteiger partial charge in [0.05, 0.1) is 5.69 Å². The largest absolute Gasteiger partial charge is 0.507 e. The molecule has 0 atom stereocenters. The molecule has 0 aliphatic carbocycles. The number of aromatic hydroxyl groups is 1. The first-order valence-electron chi connectivity index (χ1n) is 7.40. The van der Waals surface area contributed by atoms with Gasteiger partial charge in [-0.25, -0.2) is 0 Å². The number of fused-ring (bicyclic) bond motifs is 1. The van der Waals surface area contributed by atoms with Crippen molar-refractivity contribution in [2.24, 2.45) is 4.99 Å². The number of amides is 1. The topological polar surface area (TPSA) is 61.7 Å². The summed E-state index contributed by atoms with van der Waals surface area (Å²) in [6.45, 7) is -0.0238. The molecular formula is C19H15BrN2O2. The summed E-state index contributed by atoms with van der Waals surface area (Å²) in [5.74, 6) is -0.0819. The van der Waals surface area contributed by atoms with E-state index in [1.165, 1.54) is 6.21 Å². The first kappa shape index (κ1) is 16.2. The lowest BCUT2D eigenvalue weighted by Gasteiger charge is -2.06. The van der Waals surface area contributed by atoms with Crippen LogP contribution >= 0.6 is 15.9 Å². The second-order valence-electron chi connectivity index (χ2n) is 5.22. The number of benzene rings is 3. The highest BCUT2D eigenvalue weighted by molar-refractivity contribution is 9.10. The van der Waals surface area contributed by atoms with Crippen LogP contribution in [0.5, 0.6) is 5.75 Å². The second kappa shape index (κ2) is 7.27. The van der Waals surface area contributed by atoms with E-state index in [4.69, 9.17) is 0 Å². The van der Waals surface area contributed by atoms with Gasteiger partial charge in [-0.3, -0.25) is 9.79 Å². The highest BCUT2D eigenvalue weighted by Crippen LogP contribution is 2.25. The minimum absolute atomic E-state index is 0.0238. The van der Waals surface area contributed by atoms with Crippen molar-refractivity contribution < 1.29 is 9.90 Å². The maximum Gasteiger partial charge on any atom is 0.246 e. The van der Waals surface area contributed by atoms with E-state index in [0.717, 1.165) is 15.2 Å². The molecule has 0 bridgehead atoms. The Morgan fingerprint density at radius 3 is 2.67 bits per heavy atom. The number of rotatable bonds is 4. The highest BCUT2D eigenvalue weighted by atomic mass is 79.9. The molecule has 3 aromatic carbocycles. The zero-order chi connectivity index (χ0) is 16.9. The number of nitrogens with zero attached hydrogens (tertiary/aromatic N) is 1. The number of aliphatic imine (C=N–C) groups is 1. The molecule has 5 heteroatoms. The van der Waals surface area contributed by atoms with Crippen molar-refractivity contribution in [3.05, 3.63) is 70.7 Å². The van der Waals surface area contributed by atoms with Gasteiger partial charge in [-0.05, 0) is 44.9 Å². The standard InChI is InChI=1S/C19H15BrN2O2/c20-16-7-3-4-8-17(16)22-19(24)12-21-11-15-14-6-2-1-5-13(14)9-10-18(15)23/h1-11,23H,12H2,(H,22,24). The molecule has 4 nitrogen and oxygen atoms in total. The van der Waals surface area contributed by atoms with E-state index in [1.54, 1.807) is 6.07 Å². The van der Waals surface area contributed by atoms with Crippen LogP contribution in [0.4, 0.5) is 5.69 Å². The van der Waals surface area contributed by atoms with Gasteiger partial charge < -0.3 is 10.4 Å². The summed E-state index contributed by atoms with van der Waals surface area (Å²) in [5.41, 5.74) is 1.31. The zero-order valence-electron chi connectivity index (χ0n) is 12.7. The van der Waals surface area contributed by atoms with Crippen molar-refractivity contribution in [3.8, 4) is 5.75 Å². The molecule has 0 spiro atoms. The van der Waals surface area contributed by atoms with Crippen LogP contribution in [0.3, 0.4) is 0 Å². The number of hydrogen-bond donors (Lipinski definition) is 2. The van der Waals surface area contributed by atoms with E-state index >= 15 is 0 Å². The lowest BCUT2D eigenvalue weighted by atomic mass is 10.0. The quantitative estimate of drug-likeness (QED) is 0.658. The minimum atomic E-state index is -0.224. The zero-order valence-corrected chi connectivity index (χ0v) is 14.3. The SMILES string of the molecule is O=C(CN=Cc1c(O)ccc2ccccc12)Nc1ccccc1Br. The number of carbonyl (C=O) groups is 1. The third kappa shape index (κ3) is 3.63. The van der Waals surface area contributed by atoms with Crippen LogP contribution in [-0.2, 0) is 4.79 Å². The second-order valence-corrected chi connectivity index (χ2v) is 6.07. The van der Waals surface area contributed by atoms with Crippen LogP contribution in [0.15, 0.2) is 70.1 Å². The van der Waals surface area contributed by atoms with Crippen molar-refractivity contribution in [1.82, 2.24) is 0 Å². The summed E-state index contributed by atoms with van der Waals surface area (Å²) >= 11 is 3.38. The molecule has 1 amide bonds. The lowest BCUT2D eigenvalue weighted by Crippen LogP contribution is -2.15. The Hall–Kier alpha value is -2.66. The molecule has 0 saturated carbocycles. The van der Waals surface area contributed by atoms with Crippen LogP contribution < -0.4 is 5.32 Å². The van der Waals surface area contributed by atoms with E-state index in [0.29, 0.717) is 11.3 Å². The maximum absolute atomic E-state index is 12.0. The molecule has 0 heterocycles. The number of para-hydroxylation sites is 1. The van der Waals surface area contributed by atoms with Crippen molar-refractivity contribution in [3.63, 3.8) is 0 Å². The van der Waals surface area contributed by atoms with Gasteiger partial charge in [0.1, 0.15) is 12.3 Å². The molecule has 2 N–H and O–H groups in total. The molecular weight excluding hydrogens is 368 g/mol. The van der Waals surface area contributed by atoms with Gasteiger partial charge >= 0.3 is 0 Å². The fourth-order valence-electron chi connectivity index (χ4n) is 2.39. The van der Waals surface area contributed by atoms with Crippen molar-refractivity contribution in [2.75, 3.05) is 11.9 Å². The highest BCUT2D eigenvalue weighted by Gasteiger charge is 2.06. The van der Waals surface area contributed by atoms with Crippen LogP contribution in [0.1, 0.15) is 5.56 Å². The summed E-state index contributed by atoms with van der Waals surface area (Å²) in [4.78, 5) is 16.2. The number of phenols is 1. The van der Waals surface area contributed by atoms with Crippen LogP contribution in [0.25, 0.3) is 10.8 Å². The fraction of sp³-hybridized carbons (Fsp3) is 0.0526. The minimum Gasteiger partial charge on any atom is -0.507 e. The summed E-state index contributed by atoms with van der Waals surface area (Å²) in [7, 11) is 0. The van der Waals surface area contributed by atoms with Crippen LogP contribution in [0.2, 0.25) is 0 Å². The molecule has 0 aromatic heterocycles. The molecule has 0 aliphatic rings. The molecule has 24 heavy (non-hydrogen) atoms. The number of carbonyl (C=O) groups excluding carboxylic acids is 1. The van der Waals surface area contributed by atoms with Gasteiger partial charge in [0, 0.05) is 16.3 Å². The summed E-state index contributed by atoms with van der Waals surface area (Å²) < 4.78 is 0.814. The number of hydrogen-bond acceptors (Lipinski definition) is 3. The van der Waals surface area contributed by atoms with E-state index in [9.17, 15) is 9.90 Å². The molecule has 0 saturated heterocycles. The van der Waals surface area contributed by atoms with E-state index in [1.807, 2.05) is 54.6 Å². The van der Waals surface area contributed by atoms with Gasteiger partial charge in [-0.2, -0.15) is 0 Å². The predicted octanol–water partition coefficient (Wildman–Crippen LogP) is 4.37.